The minimum absolute atomic E-state index is 0.00389. The molecule has 2 aliphatic carbocycles. The number of unbranched alkanes of at least 4 members (excludes halogenated alkanes) is 2. The molecule has 3 aliphatic rings. The van der Waals surface area contributed by atoms with E-state index in [1.807, 2.05) is 72.5 Å². The van der Waals surface area contributed by atoms with Gasteiger partial charge in [0.1, 0.15) is 36.2 Å². The van der Waals surface area contributed by atoms with Crippen LogP contribution in [0.2, 0.25) is 0 Å². The van der Waals surface area contributed by atoms with Crippen LogP contribution < -0.4 is 9.47 Å². The van der Waals surface area contributed by atoms with Crippen LogP contribution in [0, 0.1) is 27.9 Å². The quantitative estimate of drug-likeness (QED) is 0.0224. The van der Waals surface area contributed by atoms with E-state index in [9.17, 15) is 25.1 Å². The van der Waals surface area contributed by atoms with E-state index in [-0.39, 0.29) is 62.2 Å². The molecule has 1 heterocycles. The zero-order valence-corrected chi connectivity index (χ0v) is 38.4. The Kier molecular flexibility index (Phi) is 15.4. The average Bonchev–Trinajstić information content (AvgIpc) is 3.36. The number of hydrogen-bond donors (Lipinski definition) is 2. The molecule has 1 fully saturated rings. The van der Waals surface area contributed by atoms with Gasteiger partial charge in [-0.15, -0.1) is 6.58 Å². The first-order chi connectivity index (χ1) is 33.2. The maximum atomic E-state index is 15.3. The Morgan fingerprint density at radius 1 is 0.926 bits per heavy atom. The summed E-state index contributed by atoms with van der Waals surface area (Å²) in [6, 6.07) is 31.8. The Morgan fingerprint density at radius 2 is 1.69 bits per heavy atom. The number of carbonyl (C=O) groups is 2. The number of aliphatic hydroxyl groups excluding tert-OH is 2. The molecule has 0 bridgehead atoms. The predicted octanol–water partition coefficient (Wildman–Crippen LogP) is 10.7. The zero-order valence-electron chi connectivity index (χ0n) is 38.4. The summed E-state index contributed by atoms with van der Waals surface area (Å²) in [4.78, 5) is 46.1. The molecule has 0 radical (unpaired) electrons. The number of hydrogen-bond acceptors (Lipinski definition) is 11. The molecular formula is C55H59N3O10. The van der Waals surface area contributed by atoms with Crippen molar-refractivity contribution < 1.29 is 43.8 Å². The third kappa shape index (κ3) is 10.1. The van der Waals surface area contributed by atoms with Crippen LogP contribution in [0.4, 0.5) is 5.69 Å². The van der Waals surface area contributed by atoms with Gasteiger partial charge in [-0.1, -0.05) is 79.5 Å². The highest BCUT2D eigenvalue weighted by molar-refractivity contribution is 6.04. The van der Waals surface area contributed by atoms with E-state index in [1.54, 1.807) is 42.5 Å². The highest BCUT2D eigenvalue weighted by Gasteiger charge is 2.65. The molecule has 1 saturated carbocycles. The number of benzene rings is 5. The van der Waals surface area contributed by atoms with Gasteiger partial charge in [-0.25, -0.2) is 0 Å². The van der Waals surface area contributed by atoms with Gasteiger partial charge >= 0.3 is 0 Å². The van der Waals surface area contributed by atoms with E-state index in [0.29, 0.717) is 65.5 Å². The molecule has 1 aliphatic heterocycles. The lowest BCUT2D eigenvalue weighted by molar-refractivity contribution is -0.384. The Labute approximate surface area is 396 Å². The fourth-order valence-corrected chi connectivity index (χ4v) is 10.5. The Morgan fingerprint density at radius 3 is 2.43 bits per heavy atom. The number of fused-ring (bicyclic) bond motifs is 3. The topological polar surface area (TPSA) is 170 Å². The molecular weight excluding hydrogens is 863 g/mol. The predicted molar refractivity (Wildman–Crippen MR) is 260 cm³/mol. The molecule has 0 spiro atoms. The van der Waals surface area contributed by atoms with Crippen LogP contribution in [0.5, 0.6) is 17.2 Å². The van der Waals surface area contributed by atoms with Crippen molar-refractivity contribution in [2.75, 3.05) is 26.4 Å². The Hall–Kier alpha value is -6.67. The van der Waals surface area contributed by atoms with E-state index < -0.39 is 22.7 Å². The number of nitrogens with zero attached hydrogens (tertiary/aromatic N) is 3. The Bertz CT molecular complexity index is 2660. The second-order valence-electron chi connectivity index (χ2n) is 17.8. The smallest absolute Gasteiger partial charge is 0.269 e. The normalized spacial score (nSPS) is 22.0. The van der Waals surface area contributed by atoms with Gasteiger partial charge in [0.05, 0.1) is 23.2 Å². The maximum Gasteiger partial charge on any atom is 0.269 e. The van der Waals surface area contributed by atoms with Gasteiger partial charge in [0.25, 0.3) is 11.6 Å². The number of ether oxygens (including phenoxy) is 3. The SMILES string of the molecule is C=CCOC12Oc3ccc(Oc4cccc(C=O)c4)cc3C3C(CCCCO)C(CCCCO)C=C(C(=NOCc4ccc([N+](=O)[O-])cc4)CC1N(CCC)C(=O)c1ccc4ccccc4c1)C32. The average molecular weight is 922 g/mol. The first kappa shape index (κ1) is 47.8. The van der Waals surface area contributed by atoms with Crippen LogP contribution in [-0.4, -0.2) is 76.1 Å². The molecule has 13 nitrogen and oxygen atoms in total. The van der Waals surface area contributed by atoms with Gasteiger partial charge in [-0.2, -0.15) is 0 Å². The minimum atomic E-state index is -1.47. The number of non-ortho nitro benzene ring substituents is 1. The lowest BCUT2D eigenvalue weighted by atomic mass is 9.55. The first-order valence-corrected chi connectivity index (χ1v) is 23.7. The molecule has 5 aromatic rings. The van der Waals surface area contributed by atoms with Gasteiger partial charge in [-0.3, -0.25) is 19.7 Å². The number of amides is 1. The number of nitro groups is 1. The number of nitro benzene ring substituents is 1. The summed E-state index contributed by atoms with van der Waals surface area (Å²) >= 11 is 0. The van der Waals surface area contributed by atoms with Crippen molar-refractivity contribution in [2.24, 2.45) is 22.9 Å². The summed E-state index contributed by atoms with van der Waals surface area (Å²) in [6.45, 7) is 6.73. The van der Waals surface area contributed by atoms with Gasteiger partial charge in [-0.05, 0) is 120 Å². The van der Waals surface area contributed by atoms with Crippen LogP contribution in [-0.2, 0) is 16.2 Å². The van der Waals surface area contributed by atoms with Crippen LogP contribution >= 0.6 is 0 Å². The molecule has 1 amide bonds. The number of carbonyl (C=O) groups excluding carboxylic acids is 2. The van der Waals surface area contributed by atoms with Crippen molar-refractivity contribution in [3.63, 3.8) is 0 Å². The van der Waals surface area contributed by atoms with Crippen molar-refractivity contribution >= 4 is 34.4 Å². The molecule has 6 unspecified atom stereocenters. The first-order valence-electron chi connectivity index (χ1n) is 23.7. The number of rotatable bonds is 22. The van der Waals surface area contributed by atoms with Gasteiger partial charge < -0.3 is 34.2 Å². The lowest BCUT2D eigenvalue weighted by Crippen LogP contribution is -2.70. The number of allylic oxidation sites excluding steroid dienone is 1. The number of aldehydes is 1. The highest BCUT2D eigenvalue weighted by Crippen LogP contribution is 2.62. The van der Waals surface area contributed by atoms with Gasteiger partial charge in [0.2, 0.25) is 5.79 Å². The van der Waals surface area contributed by atoms with Crippen molar-refractivity contribution in [1.82, 2.24) is 4.90 Å². The number of oxime groups is 1. The van der Waals surface area contributed by atoms with Crippen molar-refractivity contribution in [3.05, 3.63) is 166 Å². The standard InChI is InChI=1S/C55H59N3O10/c1-3-26-57(54(62)42-21-20-39-13-5-6-14-40(39)31-42)51-34-49(56-66-36-37-18-22-43(23-19-37)58(63)64)47-32-41(15-7-9-27-59)46(17-8-10-28-60)52-48-33-45(67-44-16-11-12-38(30-44)35-61)24-25-50(48)68-55(51,53(47)52)65-29-4-2/h4-6,11-14,16,18-25,30-33,35,41,46,51-53,59-60H,2-3,7-10,15,17,26-29,34,36H2,1H3. The molecule has 13 heteroatoms. The largest absolute Gasteiger partial charge is 0.459 e. The summed E-state index contributed by atoms with van der Waals surface area (Å²) in [5, 5.41) is 38.3. The molecule has 5 aromatic carbocycles. The second kappa shape index (κ2) is 22.0. The fourth-order valence-electron chi connectivity index (χ4n) is 10.5. The van der Waals surface area contributed by atoms with Crippen LogP contribution in [0.25, 0.3) is 10.8 Å². The number of aliphatic hydroxyl groups is 2. The maximum absolute atomic E-state index is 15.3. The molecule has 8 rings (SSSR count). The third-order valence-corrected chi connectivity index (χ3v) is 13.5. The summed E-state index contributed by atoms with van der Waals surface area (Å²) in [5.41, 5.74) is 4.05. The van der Waals surface area contributed by atoms with Crippen LogP contribution in [0.15, 0.2) is 139 Å². The fraction of sp³-hybridized carbons (Fsp3) is 0.364. The highest BCUT2D eigenvalue weighted by atomic mass is 16.7. The van der Waals surface area contributed by atoms with Crippen molar-refractivity contribution in [3.8, 4) is 17.2 Å². The summed E-state index contributed by atoms with van der Waals surface area (Å²) < 4.78 is 21.1. The van der Waals surface area contributed by atoms with Crippen LogP contribution in [0.3, 0.4) is 0 Å². The molecule has 354 valence electrons. The van der Waals surface area contributed by atoms with E-state index in [4.69, 9.17) is 24.2 Å². The second-order valence-corrected chi connectivity index (χ2v) is 17.8. The molecule has 2 N–H and O–H groups in total. The third-order valence-electron chi connectivity index (χ3n) is 13.5. The van der Waals surface area contributed by atoms with Crippen molar-refractivity contribution in [1.29, 1.82) is 0 Å². The summed E-state index contributed by atoms with van der Waals surface area (Å²) in [6.07, 6.45) is 9.88. The van der Waals surface area contributed by atoms with Gasteiger partial charge in [0.15, 0.2) is 0 Å². The van der Waals surface area contributed by atoms with E-state index >= 15 is 4.79 Å². The molecule has 0 saturated heterocycles. The van der Waals surface area contributed by atoms with Crippen molar-refractivity contribution in [2.45, 2.75) is 82.6 Å². The monoisotopic (exact) mass is 921 g/mol. The summed E-state index contributed by atoms with van der Waals surface area (Å²) in [7, 11) is 0. The molecule has 0 aromatic heterocycles. The lowest BCUT2D eigenvalue weighted by Gasteiger charge is -2.60. The molecule has 68 heavy (non-hydrogen) atoms. The van der Waals surface area contributed by atoms with E-state index in [0.717, 1.165) is 53.9 Å². The van der Waals surface area contributed by atoms with E-state index in [1.165, 1.54) is 12.1 Å². The van der Waals surface area contributed by atoms with E-state index in [2.05, 4.69) is 12.7 Å². The van der Waals surface area contributed by atoms with Gasteiger partial charge in [0, 0.05) is 60.9 Å². The minimum Gasteiger partial charge on any atom is -0.459 e. The summed E-state index contributed by atoms with van der Waals surface area (Å²) in [5.74, 6) is -0.904. The molecule has 6 atom stereocenters. The van der Waals surface area contributed by atoms with Crippen LogP contribution in [0.1, 0.15) is 96.1 Å². The Balaban J connectivity index is 1.33. The zero-order chi connectivity index (χ0) is 47.6.